The number of nitriles is 1. The molecule has 0 N–H and O–H groups in total. The molecule has 0 amide bonds. The first-order valence-electron chi connectivity index (χ1n) is 5.50. The average Bonchev–Trinajstić information content (AvgIpc) is 2.49. The fraction of sp³-hybridized carbons (Fsp3) is 0.154. The summed E-state index contributed by atoms with van der Waals surface area (Å²) in [6.07, 6.45) is 1.53. The first-order chi connectivity index (χ1) is 9.67. The molecule has 2 aromatic rings. The number of ether oxygens (including phenoxy) is 3. The third-order valence-electron chi connectivity index (χ3n) is 2.38. The van der Waals surface area contributed by atoms with Crippen LogP contribution in [-0.2, 0) is 0 Å². The van der Waals surface area contributed by atoms with E-state index in [9.17, 15) is 0 Å². The van der Waals surface area contributed by atoms with Gasteiger partial charge in [0.1, 0.15) is 0 Å². The highest BCUT2D eigenvalue weighted by Crippen LogP contribution is 2.32. The molecule has 0 fully saturated rings. The fourth-order valence-electron chi connectivity index (χ4n) is 1.45. The zero-order chi connectivity index (χ0) is 14.5. The molecule has 0 aliphatic heterocycles. The number of nitrogens with zero attached hydrogens (tertiary/aromatic N) is 3. The zero-order valence-electron chi connectivity index (χ0n) is 10.8. The van der Waals surface area contributed by atoms with Crippen LogP contribution in [0.5, 0.6) is 23.4 Å². The van der Waals surface area contributed by atoms with Gasteiger partial charge in [-0.05, 0) is 28.1 Å². The summed E-state index contributed by atoms with van der Waals surface area (Å²) >= 11 is 3.26. The molecule has 2 rings (SSSR count). The Labute approximate surface area is 124 Å². The summed E-state index contributed by atoms with van der Waals surface area (Å²) in [5.74, 6) is 1.20. The molecule has 6 nitrogen and oxygen atoms in total. The van der Waals surface area contributed by atoms with Gasteiger partial charge in [0, 0.05) is 6.07 Å². The second-order valence-corrected chi connectivity index (χ2v) is 4.44. The van der Waals surface area contributed by atoms with Crippen molar-refractivity contribution in [2.45, 2.75) is 0 Å². The van der Waals surface area contributed by atoms with Crippen LogP contribution < -0.4 is 14.2 Å². The summed E-state index contributed by atoms with van der Waals surface area (Å²) in [6, 6.07) is 6.96. The molecule has 0 unspecified atom stereocenters. The van der Waals surface area contributed by atoms with Crippen LogP contribution >= 0.6 is 15.9 Å². The number of halogens is 1. The van der Waals surface area contributed by atoms with Gasteiger partial charge >= 0.3 is 6.01 Å². The van der Waals surface area contributed by atoms with Crippen molar-refractivity contribution in [1.29, 1.82) is 5.26 Å². The molecule has 0 aliphatic rings. The summed E-state index contributed by atoms with van der Waals surface area (Å²) in [5.41, 5.74) is 0.475. The Morgan fingerprint density at radius 1 is 1.20 bits per heavy atom. The van der Waals surface area contributed by atoms with E-state index in [0.29, 0.717) is 27.4 Å². The topological polar surface area (TPSA) is 77.3 Å². The van der Waals surface area contributed by atoms with Crippen molar-refractivity contribution in [2.75, 3.05) is 14.2 Å². The molecule has 1 heterocycles. The van der Waals surface area contributed by atoms with E-state index in [-0.39, 0.29) is 6.01 Å². The maximum atomic E-state index is 8.84. The smallest absolute Gasteiger partial charge is 0.325 e. The Morgan fingerprint density at radius 2 is 2.00 bits per heavy atom. The van der Waals surface area contributed by atoms with Gasteiger partial charge < -0.3 is 14.2 Å². The SMILES string of the molecule is COc1cc(C#N)ccc1Oc1ncc(Br)c(OC)n1. The van der Waals surface area contributed by atoms with Crippen molar-refractivity contribution >= 4 is 15.9 Å². The van der Waals surface area contributed by atoms with Crippen LogP contribution in [0.3, 0.4) is 0 Å². The molecule has 0 saturated heterocycles. The van der Waals surface area contributed by atoms with Gasteiger partial charge in [0.2, 0.25) is 5.88 Å². The molecule has 0 radical (unpaired) electrons. The molecule has 7 heteroatoms. The number of benzene rings is 1. The quantitative estimate of drug-likeness (QED) is 0.854. The second kappa shape index (κ2) is 6.21. The van der Waals surface area contributed by atoms with Crippen molar-refractivity contribution < 1.29 is 14.2 Å². The van der Waals surface area contributed by atoms with Crippen LogP contribution in [0, 0.1) is 11.3 Å². The first kappa shape index (κ1) is 14.1. The Balaban J connectivity index is 2.32. The minimum Gasteiger partial charge on any atom is -0.493 e. The molecule has 102 valence electrons. The van der Waals surface area contributed by atoms with Crippen LogP contribution in [0.4, 0.5) is 0 Å². The molecule has 0 saturated carbocycles. The van der Waals surface area contributed by atoms with E-state index in [1.165, 1.54) is 20.4 Å². The van der Waals surface area contributed by atoms with Gasteiger partial charge in [-0.2, -0.15) is 10.2 Å². The molecule has 1 aromatic heterocycles. The Morgan fingerprint density at radius 3 is 2.65 bits per heavy atom. The number of methoxy groups -OCH3 is 2. The summed E-state index contributed by atoms with van der Waals surface area (Å²) in [4.78, 5) is 8.10. The lowest BCUT2D eigenvalue weighted by Crippen LogP contribution is -1.97. The second-order valence-electron chi connectivity index (χ2n) is 3.59. The van der Waals surface area contributed by atoms with Crippen LogP contribution in [0.1, 0.15) is 5.56 Å². The highest BCUT2D eigenvalue weighted by atomic mass is 79.9. The number of hydrogen-bond donors (Lipinski definition) is 0. The maximum Gasteiger partial charge on any atom is 0.325 e. The van der Waals surface area contributed by atoms with Gasteiger partial charge in [-0.25, -0.2) is 4.98 Å². The van der Waals surface area contributed by atoms with E-state index in [0.717, 1.165) is 0 Å². The number of aromatic nitrogens is 2. The molecule has 0 aliphatic carbocycles. The average molecular weight is 336 g/mol. The van der Waals surface area contributed by atoms with Crippen LogP contribution in [0.2, 0.25) is 0 Å². The van der Waals surface area contributed by atoms with Crippen molar-refractivity contribution in [2.24, 2.45) is 0 Å². The fourth-order valence-corrected chi connectivity index (χ4v) is 1.80. The zero-order valence-corrected chi connectivity index (χ0v) is 12.3. The van der Waals surface area contributed by atoms with Crippen LogP contribution in [-0.4, -0.2) is 24.2 Å². The number of hydrogen-bond acceptors (Lipinski definition) is 6. The first-order valence-corrected chi connectivity index (χ1v) is 6.29. The third-order valence-corrected chi connectivity index (χ3v) is 2.92. The van der Waals surface area contributed by atoms with Gasteiger partial charge in [-0.15, -0.1) is 0 Å². The van der Waals surface area contributed by atoms with Crippen LogP contribution in [0.15, 0.2) is 28.9 Å². The van der Waals surface area contributed by atoms with E-state index < -0.39 is 0 Å². The van der Waals surface area contributed by atoms with E-state index in [1.807, 2.05) is 6.07 Å². The van der Waals surface area contributed by atoms with E-state index in [2.05, 4.69) is 25.9 Å². The monoisotopic (exact) mass is 335 g/mol. The van der Waals surface area contributed by atoms with Gasteiger partial charge in [0.25, 0.3) is 0 Å². The molecule has 0 bridgehead atoms. The van der Waals surface area contributed by atoms with Crippen LogP contribution in [0.25, 0.3) is 0 Å². The Hall–Kier alpha value is -2.33. The van der Waals surface area contributed by atoms with Crippen molar-refractivity contribution in [3.8, 4) is 29.5 Å². The predicted molar refractivity (Wildman–Crippen MR) is 74.1 cm³/mol. The predicted octanol–water partition coefficient (Wildman–Crippen LogP) is 2.92. The van der Waals surface area contributed by atoms with Gasteiger partial charge in [0.15, 0.2) is 11.5 Å². The highest BCUT2D eigenvalue weighted by Gasteiger charge is 2.11. The van der Waals surface area contributed by atoms with Crippen molar-refractivity contribution in [3.63, 3.8) is 0 Å². The van der Waals surface area contributed by atoms with E-state index in [1.54, 1.807) is 18.2 Å². The standard InChI is InChI=1S/C13H10BrN3O3/c1-18-11-5-8(6-15)3-4-10(11)20-13-16-7-9(14)12(17-13)19-2/h3-5,7H,1-2H3. The molecule has 20 heavy (non-hydrogen) atoms. The molecule has 0 spiro atoms. The minimum atomic E-state index is 0.119. The molecule has 0 atom stereocenters. The largest absolute Gasteiger partial charge is 0.493 e. The minimum absolute atomic E-state index is 0.119. The van der Waals surface area contributed by atoms with Gasteiger partial charge in [-0.1, -0.05) is 0 Å². The lowest BCUT2D eigenvalue weighted by Gasteiger charge is -2.10. The lowest BCUT2D eigenvalue weighted by molar-refractivity contribution is 0.353. The normalized spacial score (nSPS) is 9.70. The number of rotatable bonds is 4. The highest BCUT2D eigenvalue weighted by molar-refractivity contribution is 9.10. The van der Waals surface area contributed by atoms with Crippen molar-refractivity contribution in [1.82, 2.24) is 9.97 Å². The summed E-state index contributed by atoms with van der Waals surface area (Å²) in [5, 5.41) is 8.84. The summed E-state index contributed by atoms with van der Waals surface area (Å²) < 4.78 is 16.4. The maximum absolute atomic E-state index is 8.84. The molecular weight excluding hydrogens is 326 g/mol. The molecule has 1 aromatic carbocycles. The summed E-state index contributed by atoms with van der Waals surface area (Å²) in [7, 11) is 2.99. The summed E-state index contributed by atoms with van der Waals surface area (Å²) in [6.45, 7) is 0. The Kier molecular flexibility index (Phi) is 4.38. The lowest BCUT2D eigenvalue weighted by atomic mass is 10.2. The van der Waals surface area contributed by atoms with Gasteiger partial charge in [-0.3, -0.25) is 0 Å². The van der Waals surface area contributed by atoms with E-state index in [4.69, 9.17) is 19.5 Å². The Bertz CT molecular complexity index is 670. The van der Waals surface area contributed by atoms with E-state index >= 15 is 0 Å². The van der Waals surface area contributed by atoms with Crippen molar-refractivity contribution in [3.05, 3.63) is 34.4 Å². The van der Waals surface area contributed by atoms with Gasteiger partial charge in [0.05, 0.1) is 36.5 Å². The molecular formula is C13H10BrN3O3. The third kappa shape index (κ3) is 2.97.